The lowest BCUT2D eigenvalue weighted by atomic mass is 10.1. The number of thiazole rings is 1. The van der Waals surface area contributed by atoms with Crippen LogP contribution >= 0.6 is 11.3 Å². The second-order valence-corrected chi connectivity index (χ2v) is 8.00. The molecule has 0 unspecified atom stereocenters. The number of aromatic nitrogens is 1. The molecule has 0 atom stereocenters. The molecule has 29 heavy (non-hydrogen) atoms. The molecule has 3 aromatic rings. The van der Waals surface area contributed by atoms with Crippen LogP contribution in [0.5, 0.6) is 0 Å². The molecule has 2 N–H and O–H groups in total. The van der Waals surface area contributed by atoms with Gasteiger partial charge in [0.15, 0.2) is 5.13 Å². The van der Waals surface area contributed by atoms with E-state index in [1.165, 1.54) is 29.4 Å². The summed E-state index contributed by atoms with van der Waals surface area (Å²) in [7, 11) is 0. The SMILES string of the molecule is CCc1ccc(NC(=O)CN2CCc3nc(NC(=O)c4ccoc4)sc3C2)cc1. The van der Waals surface area contributed by atoms with Crippen molar-refractivity contribution in [1.82, 2.24) is 9.88 Å². The molecule has 4 rings (SSSR count). The van der Waals surface area contributed by atoms with Crippen LogP contribution in [-0.4, -0.2) is 34.8 Å². The monoisotopic (exact) mass is 410 g/mol. The van der Waals surface area contributed by atoms with E-state index in [4.69, 9.17) is 4.42 Å². The number of benzene rings is 1. The molecule has 8 heteroatoms. The van der Waals surface area contributed by atoms with Crippen molar-refractivity contribution in [3.05, 3.63) is 64.6 Å². The molecule has 0 saturated carbocycles. The zero-order valence-electron chi connectivity index (χ0n) is 16.1. The molecule has 1 aromatic carbocycles. The van der Waals surface area contributed by atoms with Gasteiger partial charge in [-0.2, -0.15) is 0 Å². The minimum Gasteiger partial charge on any atom is -0.472 e. The number of hydrogen-bond donors (Lipinski definition) is 2. The molecule has 0 bridgehead atoms. The number of amides is 2. The Hall–Kier alpha value is -2.97. The van der Waals surface area contributed by atoms with Gasteiger partial charge in [0.1, 0.15) is 6.26 Å². The van der Waals surface area contributed by atoms with E-state index in [9.17, 15) is 9.59 Å². The predicted octanol–water partition coefficient (Wildman–Crippen LogP) is 3.55. The third-order valence-corrected chi connectivity index (χ3v) is 5.83. The number of rotatable bonds is 6. The van der Waals surface area contributed by atoms with Crippen molar-refractivity contribution < 1.29 is 14.0 Å². The number of fused-ring (bicyclic) bond motifs is 1. The number of aryl methyl sites for hydroxylation is 1. The summed E-state index contributed by atoms with van der Waals surface area (Å²) in [6.07, 6.45) is 4.59. The summed E-state index contributed by atoms with van der Waals surface area (Å²) in [4.78, 5) is 32.2. The predicted molar refractivity (Wildman–Crippen MR) is 112 cm³/mol. The Labute approximate surface area is 172 Å². The van der Waals surface area contributed by atoms with Crippen LogP contribution in [0.1, 0.15) is 33.4 Å². The normalized spacial score (nSPS) is 13.7. The molecule has 0 spiro atoms. The molecule has 1 aliphatic heterocycles. The average molecular weight is 410 g/mol. The molecule has 150 valence electrons. The number of anilines is 2. The van der Waals surface area contributed by atoms with Crippen LogP contribution in [0.25, 0.3) is 0 Å². The Bertz CT molecular complexity index is 996. The van der Waals surface area contributed by atoms with E-state index in [1.807, 2.05) is 24.3 Å². The van der Waals surface area contributed by atoms with Crippen molar-refractivity contribution >= 4 is 34.0 Å². The van der Waals surface area contributed by atoms with Gasteiger partial charge < -0.3 is 9.73 Å². The maximum absolute atomic E-state index is 12.4. The zero-order chi connectivity index (χ0) is 20.2. The minimum absolute atomic E-state index is 0.0318. The van der Waals surface area contributed by atoms with E-state index in [0.717, 1.165) is 35.6 Å². The first kappa shape index (κ1) is 19.4. The molecular weight excluding hydrogens is 388 g/mol. The number of carbonyl (C=O) groups is 2. The van der Waals surface area contributed by atoms with Gasteiger partial charge in [-0.05, 0) is 30.2 Å². The summed E-state index contributed by atoms with van der Waals surface area (Å²) >= 11 is 1.45. The van der Waals surface area contributed by atoms with Gasteiger partial charge in [-0.15, -0.1) is 11.3 Å². The van der Waals surface area contributed by atoms with Crippen LogP contribution in [0.4, 0.5) is 10.8 Å². The highest BCUT2D eigenvalue weighted by molar-refractivity contribution is 7.15. The van der Waals surface area contributed by atoms with Crippen molar-refractivity contribution in [1.29, 1.82) is 0 Å². The fourth-order valence-corrected chi connectivity index (χ4v) is 4.27. The lowest BCUT2D eigenvalue weighted by Gasteiger charge is -2.25. The van der Waals surface area contributed by atoms with E-state index in [2.05, 4.69) is 27.4 Å². The standard InChI is InChI=1S/C21H22N4O3S/c1-2-14-3-5-16(6-4-14)22-19(26)12-25-9-7-17-18(11-25)29-21(23-17)24-20(27)15-8-10-28-13-15/h3-6,8,10,13H,2,7,9,11-12H2,1H3,(H,22,26)(H,23,24,27). The Kier molecular flexibility index (Phi) is 5.73. The maximum atomic E-state index is 12.4. The first-order chi connectivity index (χ1) is 14.1. The van der Waals surface area contributed by atoms with Crippen LogP contribution in [-0.2, 0) is 24.2 Å². The second kappa shape index (κ2) is 8.59. The Morgan fingerprint density at radius 2 is 2.03 bits per heavy atom. The van der Waals surface area contributed by atoms with Crippen molar-refractivity contribution in [2.45, 2.75) is 26.3 Å². The van der Waals surface area contributed by atoms with Gasteiger partial charge in [-0.25, -0.2) is 4.98 Å². The number of hydrogen-bond acceptors (Lipinski definition) is 6. The molecule has 3 heterocycles. The van der Waals surface area contributed by atoms with E-state index in [1.54, 1.807) is 6.07 Å². The number of carbonyl (C=O) groups excluding carboxylic acids is 2. The summed E-state index contributed by atoms with van der Waals surface area (Å²) in [6.45, 7) is 3.83. The zero-order valence-corrected chi connectivity index (χ0v) is 16.9. The van der Waals surface area contributed by atoms with Crippen molar-refractivity contribution in [2.24, 2.45) is 0 Å². The smallest absolute Gasteiger partial charge is 0.260 e. The molecule has 2 amide bonds. The first-order valence-electron chi connectivity index (χ1n) is 9.54. The molecule has 2 aromatic heterocycles. The summed E-state index contributed by atoms with van der Waals surface area (Å²) in [6, 6.07) is 9.53. The van der Waals surface area contributed by atoms with E-state index < -0.39 is 0 Å². The highest BCUT2D eigenvalue weighted by Gasteiger charge is 2.23. The first-order valence-corrected chi connectivity index (χ1v) is 10.4. The fraction of sp³-hybridized carbons (Fsp3) is 0.286. The number of nitrogens with zero attached hydrogens (tertiary/aromatic N) is 2. The molecule has 0 aliphatic carbocycles. The van der Waals surface area contributed by atoms with Gasteiger partial charge in [-0.1, -0.05) is 19.1 Å². The van der Waals surface area contributed by atoms with Gasteiger partial charge in [0, 0.05) is 30.1 Å². The second-order valence-electron chi connectivity index (χ2n) is 6.91. The van der Waals surface area contributed by atoms with Gasteiger partial charge in [-0.3, -0.25) is 19.8 Å². The van der Waals surface area contributed by atoms with Gasteiger partial charge in [0.25, 0.3) is 5.91 Å². The lowest BCUT2D eigenvalue weighted by molar-refractivity contribution is -0.117. The summed E-state index contributed by atoms with van der Waals surface area (Å²) in [5.74, 6) is -0.272. The Balaban J connectivity index is 1.32. The van der Waals surface area contributed by atoms with Crippen molar-refractivity contribution in [2.75, 3.05) is 23.7 Å². The molecule has 0 saturated heterocycles. The quantitative estimate of drug-likeness (QED) is 0.649. The summed E-state index contributed by atoms with van der Waals surface area (Å²) in [5, 5.41) is 6.34. The maximum Gasteiger partial charge on any atom is 0.260 e. The molecule has 1 aliphatic rings. The van der Waals surface area contributed by atoms with Gasteiger partial charge in [0.2, 0.25) is 5.91 Å². The highest BCUT2D eigenvalue weighted by atomic mass is 32.1. The largest absolute Gasteiger partial charge is 0.472 e. The van der Waals surface area contributed by atoms with Crippen LogP contribution in [0.15, 0.2) is 47.3 Å². The van der Waals surface area contributed by atoms with E-state index in [0.29, 0.717) is 23.8 Å². The number of nitrogens with one attached hydrogen (secondary N) is 2. The Morgan fingerprint density at radius 1 is 1.21 bits per heavy atom. The van der Waals surface area contributed by atoms with Gasteiger partial charge >= 0.3 is 0 Å². The molecular formula is C21H22N4O3S. The third-order valence-electron chi connectivity index (χ3n) is 4.83. The molecule has 0 radical (unpaired) electrons. The highest BCUT2D eigenvalue weighted by Crippen LogP contribution is 2.28. The topological polar surface area (TPSA) is 87.5 Å². The summed E-state index contributed by atoms with van der Waals surface area (Å²) in [5.41, 5.74) is 3.51. The third kappa shape index (κ3) is 4.72. The Morgan fingerprint density at radius 3 is 2.76 bits per heavy atom. The van der Waals surface area contributed by atoms with Crippen LogP contribution in [0.3, 0.4) is 0 Å². The lowest BCUT2D eigenvalue weighted by Crippen LogP contribution is -2.36. The molecule has 7 nitrogen and oxygen atoms in total. The van der Waals surface area contributed by atoms with E-state index in [-0.39, 0.29) is 11.8 Å². The summed E-state index contributed by atoms with van der Waals surface area (Å²) < 4.78 is 4.94. The van der Waals surface area contributed by atoms with Crippen molar-refractivity contribution in [3.8, 4) is 0 Å². The van der Waals surface area contributed by atoms with Crippen LogP contribution < -0.4 is 10.6 Å². The number of furan rings is 1. The minimum atomic E-state index is -0.241. The average Bonchev–Trinajstić information content (AvgIpc) is 3.37. The van der Waals surface area contributed by atoms with Crippen molar-refractivity contribution in [3.63, 3.8) is 0 Å². The van der Waals surface area contributed by atoms with E-state index >= 15 is 0 Å². The van der Waals surface area contributed by atoms with Crippen LogP contribution in [0, 0.1) is 0 Å². The van der Waals surface area contributed by atoms with Crippen LogP contribution in [0.2, 0.25) is 0 Å². The van der Waals surface area contributed by atoms with Gasteiger partial charge in [0.05, 0.1) is 24.1 Å². The fourth-order valence-electron chi connectivity index (χ4n) is 3.23. The molecule has 0 fully saturated rings.